The SMILES string of the molecule is CCOc1cccc(N)c1C(=O)c1csc2ccccc12. The monoisotopic (exact) mass is 297 g/mol. The van der Waals surface area contributed by atoms with Crippen LogP contribution in [0.3, 0.4) is 0 Å². The van der Waals surface area contributed by atoms with Crippen LogP contribution in [-0.4, -0.2) is 12.4 Å². The lowest BCUT2D eigenvalue weighted by Crippen LogP contribution is -2.08. The molecule has 0 saturated heterocycles. The molecule has 0 radical (unpaired) electrons. The van der Waals surface area contributed by atoms with Crippen molar-refractivity contribution in [2.24, 2.45) is 0 Å². The van der Waals surface area contributed by atoms with Gasteiger partial charge in [-0.2, -0.15) is 0 Å². The molecule has 1 aromatic heterocycles. The van der Waals surface area contributed by atoms with Crippen molar-refractivity contribution in [1.29, 1.82) is 0 Å². The van der Waals surface area contributed by atoms with Gasteiger partial charge in [0.1, 0.15) is 5.75 Å². The van der Waals surface area contributed by atoms with Gasteiger partial charge in [-0.3, -0.25) is 4.79 Å². The molecule has 106 valence electrons. The molecule has 2 aromatic carbocycles. The van der Waals surface area contributed by atoms with Crippen LogP contribution in [0.1, 0.15) is 22.8 Å². The van der Waals surface area contributed by atoms with Crippen molar-refractivity contribution in [1.82, 2.24) is 0 Å². The van der Waals surface area contributed by atoms with E-state index in [9.17, 15) is 4.79 Å². The van der Waals surface area contributed by atoms with E-state index in [1.165, 1.54) is 0 Å². The van der Waals surface area contributed by atoms with Crippen LogP contribution < -0.4 is 10.5 Å². The van der Waals surface area contributed by atoms with Gasteiger partial charge in [-0.25, -0.2) is 0 Å². The number of carbonyl (C=O) groups excluding carboxylic acids is 1. The quantitative estimate of drug-likeness (QED) is 0.582. The Hall–Kier alpha value is -2.33. The van der Waals surface area contributed by atoms with Crippen molar-refractivity contribution in [3.8, 4) is 5.75 Å². The van der Waals surface area contributed by atoms with E-state index in [2.05, 4.69) is 0 Å². The van der Waals surface area contributed by atoms with Gasteiger partial charge < -0.3 is 10.5 Å². The van der Waals surface area contributed by atoms with Gasteiger partial charge in [-0.05, 0) is 25.1 Å². The molecule has 0 spiro atoms. The van der Waals surface area contributed by atoms with Crippen molar-refractivity contribution in [3.63, 3.8) is 0 Å². The van der Waals surface area contributed by atoms with Crippen LogP contribution in [-0.2, 0) is 0 Å². The molecule has 4 heteroatoms. The average Bonchev–Trinajstić information content (AvgIpc) is 2.91. The Labute approximate surface area is 127 Å². The van der Waals surface area contributed by atoms with Gasteiger partial charge in [0, 0.05) is 26.7 Å². The average molecular weight is 297 g/mol. The van der Waals surface area contributed by atoms with E-state index in [0.29, 0.717) is 29.2 Å². The van der Waals surface area contributed by atoms with E-state index in [1.807, 2.05) is 36.6 Å². The Morgan fingerprint density at radius 2 is 2.00 bits per heavy atom. The summed E-state index contributed by atoms with van der Waals surface area (Å²) in [5.41, 5.74) is 7.57. The Balaban J connectivity index is 2.14. The predicted molar refractivity (Wildman–Crippen MR) is 87.3 cm³/mol. The first kappa shape index (κ1) is 13.6. The minimum absolute atomic E-state index is 0.0889. The molecule has 0 fully saturated rings. The second-order valence-electron chi connectivity index (χ2n) is 4.63. The fraction of sp³-hybridized carbons (Fsp3) is 0.118. The van der Waals surface area contributed by atoms with Gasteiger partial charge in [0.25, 0.3) is 0 Å². The topological polar surface area (TPSA) is 52.3 Å². The summed E-state index contributed by atoms with van der Waals surface area (Å²) in [6.45, 7) is 2.38. The third-order valence-corrected chi connectivity index (χ3v) is 4.27. The highest BCUT2D eigenvalue weighted by Gasteiger charge is 2.20. The number of hydrogen-bond acceptors (Lipinski definition) is 4. The van der Waals surface area contributed by atoms with Gasteiger partial charge in [0.2, 0.25) is 0 Å². The van der Waals surface area contributed by atoms with Gasteiger partial charge in [-0.15, -0.1) is 11.3 Å². The Morgan fingerprint density at radius 1 is 1.19 bits per heavy atom. The summed E-state index contributed by atoms with van der Waals surface area (Å²) in [6, 6.07) is 13.2. The standard InChI is InChI=1S/C17H15NO2S/c1-2-20-14-8-5-7-13(18)16(14)17(19)12-10-21-15-9-4-3-6-11(12)15/h3-10H,2,18H2,1H3. The fourth-order valence-electron chi connectivity index (χ4n) is 2.36. The lowest BCUT2D eigenvalue weighted by atomic mass is 10.0. The number of fused-ring (bicyclic) bond motifs is 1. The summed E-state index contributed by atoms with van der Waals surface area (Å²) in [5.74, 6) is 0.451. The van der Waals surface area contributed by atoms with Gasteiger partial charge in [0.15, 0.2) is 5.78 Å². The summed E-state index contributed by atoms with van der Waals surface area (Å²) in [7, 11) is 0. The Bertz CT molecular complexity index is 807. The lowest BCUT2D eigenvalue weighted by molar-refractivity contribution is 0.103. The molecular weight excluding hydrogens is 282 g/mol. The van der Waals surface area contributed by atoms with Crippen molar-refractivity contribution in [2.45, 2.75) is 6.92 Å². The maximum Gasteiger partial charge on any atom is 0.200 e. The first-order valence-electron chi connectivity index (χ1n) is 6.74. The Kier molecular flexibility index (Phi) is 3.62. The number of thiophene rings is 1. The number of anilines is 1. The summed E-state index contributed by atoms with van der Waals surface area (Å²) in [6.07, 6.45) is 0. The van der Waals surface area contributed by atoms with E-state index < -0.39 is 0 Å². The van der Waals surface area contributed by atoms with E-state index >= 15 is 0 Å². The zero-order chi connectivity index (χ0) is 14.8. The fourth-order valence-corrected chi connectivity index (χ4v) is 3.30. The predicted octanol–water partition coefficient (Wildman–Crippen LogP) is 4.11. The molecule has 0 aliphatic carbocycles. The van der Waals surface area contributed by atoms with Gasteiger partial charge in [-0.1, -0.05) is 24.3 Å². The minimum atomic E-state index is -0.0889. The summed E-state index contributed by atoms with van der Waals surface area (Å²) in [4.78, 5) is 12.9. The summed E-state index contributed by atoms with van der Waals surface area (Å²) in [5, 5.41) is 2.84. The summed E-state index contributed by atoms with van der Waals surface area (Å²) < 4.78 is 6.64. The van der Waals surface area contributed by atoms with Crippen LogP contribution >= 0.6 is 11.3 Å². The highest BCUT2D eigenvalue weighted by molar-refractivity contribution is 7.17. The molecule has 1 heterocycles. The largest absolute Gasteiger partial charge is 0.493 e. The van der Waals surface area contributed by atoms with E-state index in [0.717, 1.165) is 10.1 Å². The molecule has 3 nitrogen and oxygen atoms in total. The van der Waals surface area contributed by atoms with Crippen molar-refractivity contribution in [2.75, 3.05) is 12.3 Å². The maximum absolute atomic E-state index is 12.9. The first-order valence-corrected chi connectivity index (χ1v) is 7.62. The lowest BCUT2D eigenvalue weighted by Gasteiger charge is -2.11. The normalized spacial score (nSPS) is 10.7. The molecule has 0 saturated carbocycles. The first-order chi connectivity index (χ1) is 10.2. The zero-order valence-electron chi connectivity index (χ0n) is 11.6. The second-order valence-corrected chi connectivity index (χ2v) is 5.54. The molecule has 0 atom stereocenters. The number of nitrogens with two attached hydrogens (primary N) is 1. The van der Waals surface area contributed by atoms with Crippen LogP contribution in [0.2, 0.25) is 0 Å². The minimum Gasteiger partial charge on any atom is -0.493 e. The number of carbonyl (C=O) groups is 1. The molecular formula is C17H15NO2S. The number of ketones is 1. The van der Waals surface area contributed by atoms with Gasteiger partial charge in [0.05, 0.1) is 12.2 Å². The Morgan fingerprint density at radius 3 is 2.81 bits per heavy atom. The molecule has 0 amide bonds. The molecule has 0 unspecified atom stereocenters. The highest BCUT2D eigenvalue weighted by atomic mass is 32.1. The number of rotatable bonds is 4. The van der Waals surface area contributed by atoms with E-state index in [-0.39, 0.29) is 5.78 Å². The number of nitrogen functional groups attached to an aromatic ring is 1. The third-order valence-electron chi connectivity index (χ3n) is 3.31. The number of hydrogen-bond donors (Lipinski definition) is 1. The smallest absolute Gasteiger partial charge is 0.200 e. The van der Waals surface area contributed by atoms with Crippen LogP contribution in [0.15, 0.2) is 47.8 Å². The number of benzene rings is 2. The van der Waals surface area contributed by atoms with E-state index in [4.69, 9.17) is 10.5 Å². The van der Waals surface area contributed by atoms with Crippen molar-refractivity contribution < 1.29 is 9.53 Å². The zero-order valence-corrected chi connectivity index (χ0v) is 12.4. The molecule has 0 aliphatic rings. The van der Waals surface area contributed by atoms with Crippen molar-refractivity contribution >= 4 is 32.9 Å². The van der Waals surface area contributed by atoms with Crippen LogP contribution in [0, 0.1) is 0 Å². The van der Waals surface area contributed by atoms with Gasteiger partial charge >= 0.3 is 0 Å². The second kappa shape index (κ2) is 5.58. The van der Waals surface area contributed by atoms with Crippen LogP contribution in [0.25, 0.3) is 10.1 Å². The van der Waals surface area contributed by atoms with Crippen molar-refractivity contribution in [3.05, 3.63) is 59.0 Å². The molecule has 0 bridgehead atoms. The van der Waals surface area contributed by atoms with Crippen LogP contribution in [0.4, 0.5) is 5.69 Å². The molecule has 21 heavy (non-hydrogen) atoms. The summed E-state index contributed by atoms with van der Waals surface area (Å²) >= 11 is 1.56. The van der Waals surface area contributed by atoms with E-state index in [1.54, 1.807) is 29.5 Å². The number of ether oxygens (including phenoxy) is 1. The molecule has 3 aromatic rings. The third kappa shape index (κ3) is 2.38. The molecule has 3 rings (SSSR count). The van der Waals surface area contributed by atoms with Crippen LogP contribution in [0.5, 0.6) is 5.75 Å². The maximum atomic E-state index is 12.9. The molecule has 2 N–H and O–H groups in total. The highest BCUT2D eigenvalue weighted by Crippen LogP contribution is 2.32. The molecule has 0 aliphatic heterocycles.